The molecule has 0 unspecified atom stereocenters. The topological polar surface area (TPSA) is 38.0 Å². The molecule has 0 spiro atoms. The number of rotatable bonds is 4. The van der Waals surface area contributed by atoms with Gasteiger partial charge in [0.2, 0.25) is 0 Å². The van der Waals surface area contributed by atoms with Gasteiger partial charge in [-0.15, -0.1) is 0 Å². The van der Waals surface area contributed by atoms with E-state index in [0.29, 0.717) is 12.6 Å². The Hall–Kier alpha value is -0.570. The van der Waals surface area contributed by atoms with Gasteiger partial charge in [-0.3, -0.25) is 0 Å². The molecule has 0 aromatic heterocycles. The highest BCUT2D eigenvalue weighted by molar-refractivity contribution is 6.31. The van der Waals surface area contributed by atoms with Gasteiger partial charge in [-0.2, -0.15) is 0 Å². The van der Waals surface area contributed by atoms with Gasteiger partial charge in [-0.05, 0) is 31.0 Å². The van der Waals surface area contributed by atoms with Crippen LogP contribution in [0.5, 0.6) is 0 Å². The maximum atomic E-state index is 6.01. The number of benzene rings is 1. The van der Waals surface area contributed by atoms with E-state index in [1.165, 1.54) is 5.56 Å². The van der Waals surface area contributed by atoms with E-state index in [1.54, 1.807) is 0 Å². The molecule has 3 heteroatoms. The summed E-state index contributed by atoms with van der Waals surface area (Å²) < 4.78 is 0. The molecule has 1 aromatic rings. The summed E-state index contributed by atoms with van der Waals surface area (Å²) >= 11 is 6.01. The van der Waals surface area contributed by atoms with Crippen LogP contribution in [0.15, 0.2) is 18.2 Å². The average Bonchev–Trinajstić information content (AvgIpc) is 2.20. The summed E-state index contributed by atoms with van der Waals surface area (Å²) in [6, 6.07) is 6.30. The van der Waals surface area contributed by atoms with Crippen LogP contribution in [0.1, 0.15) is 18.1 Å². The van der Waals surface area contributed by atoms with E-state index in [9.17, 15) is 0 Å². The summed E-state index contributed by atoms with van der Waals surface area (Å²) in [4.78, 5) is 0. The van der Waals surface area contributed by atoms with Crippen LogP contribution in [0, 0.1) is 6.92 Å². The Morgan fingerprint density at radius 1 is 1.50 bits per heavy atom. The van der Waals surface area contributed by atoms with Crippen LogP contribution >= 0.6 is 11.6 Å². The standard InChI is InChI=1S/C11H17ClN2/c1-8(6-13)14-7-10-4-3-5-11(12)9(10)2/h3-5,8,14H,6-7,13H2,1-2H3/t8-/m1/s1. The predicted molar refractivity (Wildman–Crippen MR) is 61.5 cm³/mol. The number of hydrogen-bond donors (Lipinski definition) is 2. The molecular weight excluding hydrogens is 196 g/mol. The quantitative estimate of drug-likeness (QED) is 0.802. The zero-order valence-electron chi connectivity index (χ0n) is 8.68. The third-order valence-corrected chi connectivity index (χ3v) is 2.78. The zero-order chi connectivity index (χ0) is 10.6. The van der Waals surface area contributed by atoms with Gasteiger partial charge in [0.25, 0.3) is 0 Å². The van der Waals surface area contributed by atoms with Crippen molar-refractivity contribution in [2.24, 2.45) is 5.73 Å². The molecule has 1 aromatic carbocycles. The molecule has 0 aliphatic rings. The van der Waals surface area contributed by atoms with E-state index in [1.807, 2.05) is 19.1 Å². The van der Waals surface area contributed by atoms with E-state index in [2.05, 4.69) is 18.3 Å². The largest absolute Gasteiger partial charge is 0.329 e. The van der Waals surface area contributed by atoms with E-state index in [0.717, 1.165) is 17.1 Å². The first-order chi connectivity index (χ1) is 6.65. The second-order valence-corrected chi connectivity index (χ2v) is 3.95. The predicted octanol–water partition coefficient (Wildman–Crippen LogP) is 2.09. The van der Waals surface area contributed by atoms with Gasteiger partial charge in [0.1, 0.15) is 0 Å². The van der Waals surface area contributed by atoms with Crippen molar-refractivity contribution < 1.29 is 0 Å². The molecule has 3 N–H and O–H groups in total. The molecule has 0 fully saturated rings. The van der Waals surface area contributed by atoms with Gasteiger partial charge in [0.15, 0.2) is 0 Å². The lowest BCUT2D eigenvalue weighted by Crippen LogP contribution is -2.32. The van der Waals surface area contributed by atoms with E-state index < -0.39 is 0 Å². The van der Waals surface area contributed by atoms with Gasteiger partial charge >= 0.3 is 0 Å². The maximum absolute atomic E-state index is 6.01. The Morgan fingerprint density at radius 3 is 2.86 bits per heavy atom. The summed E-state index contributed by atoms with van der Waals surface area (Å²) in [5.41, 5.74) is 7.89. The molecule has 0 heterocycles. The van der Waals surface area contributed by atoms with Gasteiger partial charge in [0.05, 0.1) is 0 Å². The molecule has 2 nitrogen and oxygen atoms in total. The number of nitrogens with one attached hydrogen (secondary N) is 1. The van der Waals surface area contributed by atoms with Crippen LogP contribution in [0.3, 0.4) is 0 Å². The molecule has 0 radical (unpaired) electrons. The molecule has 0 aliphatic carbocycles. The van der Waals surface area contributed by atoms with Crippen LogP contribution in [0.2, 0.25) is 5.02 Å². The van der Waals surface area contributed by atoms with E-state index in [4.69, 9.17) is 17.3 Å². The second-order valence-electron chi connectivity index (χ2n) is 3.54. The van der Waals surface area contributed by atoms with Crippen molar-refractivity contribution >= 4 is 11.6 Å². The Labute approximate surface area is 90.4 Å². The summed E-state index contributed by atoms with van der Waals surface area (Å²) in [6.07, 6.45) is 0. The lowest BCUT2D eigenvalue weighted by molar-refractivity contribution is 0.555. The SMILES string of the molecule is Cc1c(Cl)cccc1CN[C@H](C)CN. The molecule has 14 heavy (non-hydrogen) atoms. The highest BCUT2D eigenvalue weighted by atomic mass is 35.5. The lowest BCUT2D eigenvalue weighted by atomic mass is 10.1. The Morgan fingerprint density at radius 2 is 2.21 bits per heavy atom. The van der Waals surface area contributed by atoms with Crippen molar-refractivity contribution in [2.75, 3.05) is 6.54 Å². The Balaban J connectivity index is 2.63. The molecule has 0 saturated carbocycles. The van der Waals surface area contributed by atoms with E-state index >= 15 is 0 Å². The zero-order valence-corrected chi connectivity index (χ0v) is 9.43. The fourth-order valence-corrected chi connectivity index (χ4v) is 1.41. The summed E-state index contributed by atoms with van der Waals surface area (Å²) in [7, 11) is 0. The summed E-state index contributed by atoms with van der Waals surface area (Å²) in [5, 5.41) is 4.16. The first-order valence-corrected chi connectivity index (χ1v) is 5.20. The molecule has 0 aliphatic heterocycles. The average molecular weight is 213 g/mol. The van der Waals surface area contributed by atoms with Crippen LogP contribution in [-0.4, -0.2) is 12.6 Å². The first-order valence-electron chi connectivity index (χ1n) is 4.82. The molecule has 0 amide bonds. The van der Waals surface area contributed by atoms with Crippen LogP contribution in [-0.2, 0) is 6.54 Å². The highest BCUT2D eigenvalue weighted by Gasteiger charge is 2.03. The number of hydrogen-bond acceptors (Lipinski definition) is 2. The number of halogens is 1. The summed E-state index contributed by atoms with van der Waals surface area (Å²) in [6.45, 7) is 5.58. The summed E-state index contributed by atoms with van der Waals surface area (Å²) in [5.74, 6) is 0. The van der Waals surface area contributed by atoms with Crippen molar-refractivity contribution in [1.29, 1.82) is 0 Å². The van der Waals surface area contributed by atoms with Crippen molar-refractivity contribution in [3.05, 3.63) is 34.3 Å². The van der Waals surface area contributed by atoms with Crippen LogP contribution in [0.4, 0.5) is 0 Å². The van der Waals surface area contributed by atoms with Crippen LogP contribution < -0.4 is 11.1 Å². The van der Waals surface area contributed by atoms with Gasteiger partial charge < -0.3 is 11.1 Å². The van der Waals surface area contributed by atoms with Crippen molar-refractivity contribution in [2.45, 2.75) is 26.4 Å². The third kappa shape index (κ3) is 2.98. The number of nitrogens with two attached hydrogens (primary N) is 1. The molecule has 1 atom stereocenters. The molecule has 1 rings (SSSR count). The van der Waals surface area contributed by atoms with Crippen molar-refractivity contribution in [3.63, 3.8) is 0 Å². The lowest BCUT2D eigenvalue weighted by Gasteiger charge is -2.13. The molecular formula is C11H17ClN2. The second kappa shape index (κ2) is 5.35. The Bertz CT molecular complexity index is 299. The van der Waals surface area contributed by atoms with Crippen molar-refractivity contribution in [3.8, 4) is 0 Å². The van der Waals surface area contributed by atoms with Gasteiger partial charge in [0, 0.05) is 24.2 Å². The van der Waals surface area contributed by atoms with Gasteiger partial charge in [-0.1, -0.05) is 23.7 Å². The minimum absolute atomic E-state index is 0.341. The molecule has 0 saturated heterocycles. The minimum Gasteiger partial charge on any atom is -0.329 e. The molecule has 78 valence electrons. The highest BCUT2D eigenvalue weighted by Crippen LogP contribution is 2.18. The fraction of sp³-hybridized carbons (Fsp3) is 0.455. The minimum atomic E-state index is 0.341. The van der Waals surface area contributed by atoms with Crippen molar-refractivity contribution in [1.82, 2.24) is 5.32 Å². The fourth-order valence-electron chi connectivity index (χ4n) is 1.21. The van der Waals surface area contributed by atoms with Crippen LogP contribution in [0.25, 0.3) is 0 Å². The normalized spacial score (nSPS) is 12.9. The molecule has 0 bridgehead atoms. The Kier molecular flexibility index (Phi) is 4.39. The van der Waals surface area contributed by atoms with Gasteiger partial charge in [-0.25, -0.2) is 0 Å². The van der Waals surface area contributed by atoms with E-state index in [-0.39, 0.29) is 0 Å². The monoisotopic (exact) mass is 212 g/mol. The smallest absolute Gasteiger partial charge is 0.0438 e. The first kappa shape index (κ1) is 11.5. The third-order valence-electron chi connectivity index (χ3n) is 2.37. The maximum Gasteiger partial charge on any atom is 0.0438 e.